The number of nitrogens with zero attached hydrogens (tertiary/aromatic N) is 1. The molecule has 0 aliphatic rings. The Morgan fingerprint density at radius 3 is 3.20 bits per heavy atom. The number of amides is 1. The molecule has 0 fully saturated rings. The molecule has 0 saturated heterocycles. The Morgan fingerprint density at radius 1 is 1.90 bits per heavy atom. The molecule has 1 aromatic rings. The molecule has 0 aliphatic heterocycles. The molecule has 1 amide bonds. The molecule has 10 heavy (non-hydrogen) atoms. The molecule has 0 unspecified atom stereocenters. The number of carbonyl (C=O) groups is 1. The predicted molar refractivity (Wildman–Crippen MR) is 36.2 cm³/mol. The number of nitriles is 1. The summed E-state index contributed by atoms with van der Waals surface area (Å²) in [4.78, 5) is 10.8. The fourth-order valence-corrected chi connectivity index (χ4v) is 1.04. The summed E-state index contributed by atoms with van der Waals surface area (Å²) < 4.78 is 0. The van der Waals surface area contributed by atoms with E-state index >= 15 is 0 Å². The molecule has 0 aromatic carbocycles. The van der Waals surface area contributed by atoms with Crippen LogP contribution in [0, 0.1) is 16.8 Å². The zero-order valence-corrected chi connectivity index (χ0v) is 5.73. The minimum absolute atomic E-state index is 0.375. The average molecular weight is 151 g/mol. The van der Waals surface area contributed by atoms with Gasteiger partial charge in [-0.25, -0.2) is 0 Å². The zero-order chi connectivity index (χ0) is 7.40. The van der Waals surface area contributed by atoms with Gasteiger partial charge in [0.1, 0.15) is 0 Å². The van der Waals surface area contributed by atoms with Gasteiger partial charge in [0.2, 0.25) is 0 Å². The lowest BCUT2D eigenvalue weighted by molar-refractivity contribution is 0.0973. The van der Waals surface area contributed by atoms with Gasteiger partial charge in [-0.2, -0.15) is 5.26 Å². The van der Waals surface area contributed by atoms with E-state index in [0.717, 1.165) is 0 Å². The first-order chi connectivity index (χ1) is 4.84. The molecule has 1 heterocycles. The maximum absolute atomic E-state index is 10.8. The van der Waals surface area contributed by atoms with Gasteiger partial charge in [-0.05, 0) is 6.07 Å². The van der Waals surface area contributed by atoms with Crippen LogP contribution in [0.15, 0.2) is 11.4 Å². The summed E-state index contributed by atoms with van der Waals surface area (Å²) >= 11 is 1.30. The van der Waals surface area contributed by atoms with Crippen LogP contribution in [0.2, 0.25) is 0 Å². The van der Waals surface area contributed by atoms with Crippen molar-refractivity contribution in [3.63, 3.8) is 0 Å². The molecular formula is C6H3N2OS. The fraction of sp³-hybridized carbons (Fsp3) is 0. The predicted octanol–water partition coefficient (Wildman–Crippen LogP) is 0.759. The van der Waals surface area contributed by atoms with Crippen LogP contribution < -0.4 is 5.32 Å². The third-order valence-corrected chi connectivity index (χ3v) is 1.53. The molecule has 0 atom stereocenters. The van der Waals surface area contributed by atoms with Gasteiger partial charge < -0.3 is 0 Å². The highest BCUT2D eigenvalue weighted by Gasteiger charge is 2.02. The number of carbonyl (C=O) groups excluding carboxylic acids is 1. The molecular weight excluding hydrogens is 148 g/mol. The molecule has 1 rings (SSSR count). The Bertz CT molecular complexity index is 260. The van der Waals surface area contributed by atoms with Crippen LogP contribution in [0.1, 0.15) is 10.4 Å². The Hall–Kier alpha value is -1.34. The summed E-state index contributed by atoms with van der Waals surface area (Å²) in [6.45, 7) is 0. The van der Waals surface area contributed by atoms with Gasteiger partial charge in [-0.15, -0.1) is 11.3 Å². The van der Waals surface area contributed by atoms with Crippen LogP contribution in [0.25, 0.3) is 0 Å². The van der Waals surface area contributed by atoms with Crippen molar-refractivity contribution in [2.24, 2.45) is 0 Å². The summed E-state index contributed by atoms with van der Waals surface area (Å²) in [6.07, 6.45) is 1.55. The fourth-order valence-electron chi connectivity index (χ4n) is 0.471. The van der Waals surface area contributed by atoms with E-state index < -0.39 is 0 Å². The largest absolute Gasteiger partial charge is 0.268 e. The minimum atomic E-state index is -0.375. The summed E-state index contributed by atoms with van der Waals surface area (Å²) in [5.74, 6) is -0.375. The number of thiophene rings is 1. The van der Waals surface area contributed by atoms with E-state index in [2.05, 4.69) is 5.38 Å². The zero-order valence-electron chi connectivity index (χ0n) is 4.92. The molecule has 3 nitrogen and oxygen atoms in total. The maximum atomic E-state index is 10.8. The van der Waals surface area contributed by atoms with E-state index in [1.165, 1.54) is 17.4 Å². The van der Waals surface area contributed by atoms with Gasteiger partial charge in [0, 0.05) is 10.8 Å². The van der Waals surface area contributed by atoms with Crippen LogP contribution in [0.3, 0.4) is 0 Å². The molecule has 1 N–H and O–H groups in total. The monoisotopic (exact) mass is 151 g/mol. The van der Waals surface area contributed by atoms with Crippen molar-refractivity contribution in [1.82, 2.24) is 5.32 Å². The molecule has 1 aromatic heterocycles. The standard InChI is InChI=1S/C6H3N2OS/c7-4-8-6(9)5-1-2-10-3-5/h1,3H,(H,8,9). The van der Waals surface area contributed by atoms with E-state index in [9.17, 15) is 4.79 Å². The number of nitrogens with one attached hydrogen (secondary N) is 1. The van der Waals surface area contributed by atoms with E-state index in [4.69, 9.17) is 5.26 Å². The van der Waals surface area contributed by atoms with Crippen molar-refractivity contribution in [3.05, 3.63) is 22.4 Å². The molecule has 0 spiro atoms. The minimum Gasteiger partial charge on any atom is -0.268 e. The Kier molecular flexibility index (Phi) is 2.03. The molecule has 1 radical (unpaired) electrons. The number of rotatable bonds is 1. The highest BCUT2D eigenvalue weighted by molar-refractivity contribution is 7.07. The van der Waals surface area contributed by atoms with Crippen molar-refractivity contribution in [1.29, 1.82) is 5.26 Å². The topological polar surface area (TPSA) is 52.9 Å². The van der Waals surface area contributed by atoms with E-state index in [0.29, 0.717) is 5.56 Å². The van der Waals surface area contributed by atoms with Gasteiger partial charge in [0.15, 0.2) is 6.19 Å². The quantitative estimate of drug-likeness (QED) is 0.476. The molecule has 0 bridgehead atoms. The summed E-state index contributed by atoms with van der Waals surface area (Å²) in [5, 5.41) is 14.4. The van der Waals surface area contributed by atoms with Crippen LogP contribution >= 0.6 is 11.3 Å². The lowest BCUT2D eigenvalue weighted by atomic mass is 10.3. The Balaban J connectivity index is 2.71. The van der Waals surface area contributed by atoms with Gasteiger partial charge in [0.05, 0.1) is 5.56 Å². The lowest BCUT2D eigenvalue weighted by Gasteiger charge is -1.88. The SMILES string of the molecule is N#CNC(=O)c1c[c]sc1. The van der Waals surface area contributed by atoms with Crippen LogP contribution in [-0.4, -0.2) is 5.91 Å². The first kappa shape index (κ1) is 6.78. The first-order valence-electron chi connectivity index (χ1n) is 2.48. The summed E-state index contributed by atoms with van der Waals surface area (Å²) in [5.41, 5.74) is 0.478. The maximum Gasteiger partial charge on any atom is 0.265 e. The number of hydrogen-bond acceptors (Lipinski definition) is 3. The average Bonchev–Trinajstić information content (AvgIpc) is 2.38. The molecule has 0 aliphatic carbocycles. The van der Waals surface area contributed by atoms with E-state index in [-0.39, 0.29) is 5.91 Å². The Labute approximate surface area is 61.9 Å². The molecule has 49 valence electrons. The second-order valence-electron chi connectivity index (χ2n) is 1.52. The number of hydrogen-bond donors (Lipinski definition) is 1. The van der Waals surface area contributed by atoms with Crippen molar-refractivity contribution < 1.29 is 4.79 Å². The third kappa shape index (κ3) is 1.33. The lowest BCUT2D eigenvalue weighted by Crippen LogP contribution is -2.16. The second kappa shape index (κ2) is 2.99. The van der Waals surface area contributed by atoms with Crippen molar-refractivity contribution in [2.45, 2.75) is 0 Å². The van der Waals surface area contributed by atoms with Crippen LogP contribution in [-0.2, 0) is 0 Å². The van der Waals surface area contributed by atoms with Crippen molar-refractivity contribution in [2.75, 3.05) is 0 Å². The van der Waals surface area contributed by atoms with E-state index in [1.807, 2.05) is 5.32 Å². The van der Waals surface area contributed by atoms with Crippen molar-refractivity contribution >= 4 is 17.2 Å². The van der Waals surface area contributed by atoms with Gasteiger partial charge in [-0.1, -0.05) is 0 Å². The highest BCUT2D eigenvalue weighted by atomic mass is 32.1. The van der Waals surface area contributed by atoms with Crippen LogP contribution in [0.5, 0.6) is 0 Å². The second-order valence-corrected chi connectivity index (χ2v) is 2.23. The van der Waals surface area contributed by atoms with Gasteiger partial charge >= 0.3 is 0 Å². The van der Waals surface area contributed by atoms with Gasteiger partial charge in [-0.3, -0.25) is 10.1 Å². The third-order valence-electron chi connectivity index (χ3n) is 0.900. The highest BCUT2D eigenvalue weighted by Crippen LogP contribution is 2.03. The van der Waals surface area contributed by atoms with E-state index in [1.54, 1.807) is 11.6 Å². The first-order valence-corrected chi connectivity index (χ1v) is 3.36. The van der Waals surface area contributed by atoms with Crippen molar-refractivity contribution in [3.8, 4) is 6.19 Å². The van der Waals surface area contributed by atoms with Crippen LogP contribution in [0.4, 0.5) is 0 Å². The summed E-state index contributed by atoms with van der Waals surface area (Å²) in [7, 11) is 0. The smallest absolute Gasteiger partial charge is 0.265 e. The summed E-state index contributed by atoms with van der Waals surface area (Å²) in [6, 6.07) is 1.54. The molecule has 0 saturated carbocycles. The molecule has 4 heteroatoms. The normalized spacial score (nSPS) is 8.30. The van der Waals surface area contributed by atoms with Gasteiger partial charge in [0.25, 0.3) is 5.91 Å². The Morgan fingerprint density at radius 2 is 2.70 bits per heavy atom.